The number of nitrogens with one attached hydrogen (secondary N) is 1. The molecule has 1 fully saturated rings. The summed E-state index contributed by atoms with van der Waals surface area (Å²) in [5, 5.41) is 3.45. The van der Waals surface area contributed by atoms with Gasteiger partial charge in [-0.3, -0.25) is 9.59 Å². The van der Waals surface area contributed by atoms with Crippen molar-refractivity contribution in [1.82, 2.24) is 5.32 Å². The van der Waals surface area contributed by atoms with Gasteiger partial charge in [0, 0.05) is 54.8 Å². The predicted octanol–water partition coefficient (Wildman–Crippen LogP) is 3.81. The van der Waals surface area contributed by atoms with E-state index in [2.05, 4.69) is 22.3 Å². The van der Waals surface area contributed by atoms with E-state index in [1.54, 1.807) is 13.0 Å². The molecule has 1 saturated heterocycles. The molecule has 3 rings (SSSR count). The number of rotatable bonds is 6. The van der Waals surface area contributed by atoms with Crippen molar-refractivity contribution in [3.63, 3.8) is 0 Å². The minimum Gasteiger partial charge on any atom is -0.381 e. The second kappa shape index (κ2) is 9.75. The van der Waals surface area contributed by atoms with Gasteiger partial charge in [-0.25, -0.2) is 4.99 Å². The lowest BCUT2D eigenvalue weighted by molar-refractivity contribution is -0.120. The Labute approximate surface area is 183 Å². The number of carbonyl (C=O) groups excluding carboxylic acids is 2. The van der Waals surface area contributed by atoms with Crippen molar-refractivity contribution in [3.8, 4) is 0 Å². The van der Waals surface area contributed by atoms with E-state index in [0.29, 0.717) is 28.8 Å². The normalized spacial score (nSPS) is 19.9. The number of dihydropyridines is 1. The van der Waals surface area contributed by atoms with Crippen LogP contribution in [0.15, 0.2) is 28.8 Å². The zero-order valence-corrected chi connectivity index (χ0v) is 18.9. The van der Waals surface area contributed by atoms with E-state index in [0.717, 1.165) is 42.9 Å². The van der Waals surface area contributed by atoms with Crippen LogP contribution in [0, 0.1) is 5.92 Å². The minimum atomic E-state index is -0.425. The van der Waals surface area contributed by atoms with Gasteiger partial charge in [-0.15, -0.1) is 0 Å². The van der Waals surface area contributed by atoms with Crippen LogP contribution in [0.2, 0.25) is 5.02 Å². The Morgan fingerprint density at radius 2 is 2.00 bits per heavy atom. The molecule has 6 nitrogen and oxygen atoms in total. The summed E-state index contributed by atoms with van der Waals surface area (Å²) in [6.07, 6.45) is 4.48. The summed E-state index contributed by atoms with van der Waals surface area (Å²) < 4.78 is 5.48. The van der Waals surface area contributed by atoms with Gasteiger partial charge < -0.3 is 15.0 Å². The third-order valence-corrected chi connectivity index (χ3v) is 6.16. The quantitative estimate of drug-likeness (QED) is 0.743. The third-order valence-electron chi connectivity index (χ3n) is 5.95. The molecule has 1 aromatic carbocycles. The van der Waals surface area contributed by atoms with E-state index in [4.69, 9.17) is 16.3 Å². The van der Waals surface area contributed by atoms with Gasteiger partial charge in [0.1, 0.15) is 0 Å². The number of halogens is 1. The van der Waals surface area contributed by atoms with Gasteiger partial charge in [0.25, 0.3) is 11.8 Å². The van der Waals surface area contributed by atoms with Gasteiger partial charge in [0.05, 0.1) is 5.92 Å². The van der Waals surface area contributed by atoms with Crippen molar-refractivity contribution in [3.05, 3.63) is 39.9 Å². The van der Waals surface area contributed by atoms with Crippen LogP contribution in [0.4, 0.5) is 5.69 Å². The fourth-order valence-electron chi connectivity index (χ4n) is 4.23. The second-order valence-electron chi connectivity index (χ2n) is 8.00. The first-order valence-electron chi connectivity index (χ1n) is 10.5. The third kappa shape index (κ3) is 4.93. The van der Waals surface area contributed by atoms with E-state index < -0.39 is 5.92 Å². The molecule has 0 aromatic heterocycles. The maximum atomic E-state index is 13.1. The number of hydrogen-bond acceptors (Lipinski definition) is 4. The molecule has 2 heterocycles. The Morgan fingerprint density at radius 3 is 2.63 bits per heavy atom. The number of hydrogen-bond donors (Lipinski definition) is 1. The first-order valence-corrected chi connectivity index (χ1v) is 10.9. The van der Waals surface area contributed by atoms with Gasteiger partial charge in [0.2, 0.25) is 0 Å². The number of amides is 2. The van der Waals surface area contributed by atoms with Crippen LogP contribution in [0.25, 0.3) is 0 Å². The average Bonchev–Trinajstić information content (AvgIpc) is 2.72. The first kappa shape index (κ1) is 22.5. The number of allylic oxidation sites excluding steroid dienone is 1. The summed E-state index contributed by atoms with van der Waals surface area (Å²) in [6.45, 7) is 7.44. The Balaban J connectivity index is 1.81. The fourth-order valence-corrected chi connectivity index (χ4v) is 4.44. The molecule has 0 aliphatic carbocycles. The molecule has 1 N–H and O–H groups in total. The van der Waals surface area contributed by atoms with Crippen molar-refractivity contribution in [1.29, 1.82) is 0 Å². The predicted molar refractivity (Wildman–Crippen MR) is 121 cm³/mol. The highest BCUT2D eigenvalue weighted by Crippen LogP contribution is 2.31. The Kier molecular flexibility index (Phi) is 7.32. The molecule has 0 radical (unpaired) electrons. The number of anilines is 1. The Morgan fingerprint density at radius 1 is 1.30 bits per heavy atom. The molecule has 1 aromatic rings. The van der Waals surface area contributed by atoms with Crippen LogP contribution < -0.4 is 10.2 Å². The zero-order chi connectivity index (χ0) is 21.8. The summed E-state index contributed by atoms with van der Waals surface area (Å²) in [4.78, 5) is 31.6. The summed E-state index contributed by atoms with van der Waals surface area (Å²) >= 11 is 6.40. The molecule has 0 spiro atoms. The monoisotopic (exact) mass is 431 g/mol. The Bertz CT molecular complexity index is 888. The van der Waals surface area contributed by atoms with Crippen LogP contribution in [0.5, 0.6) is 0 Å². The minimum absolute atomic E-state index is 0.213. The van der Waals surface area contributed by atoms with Crippen molar-refractivity contribution in [2.75, 3.05) is 31.7 Å². The molecule has 2 aliphatic rings. The number of aliphatic imine (C=N–C) groups is 1. The van der Waals surface area contributed by atoms with E-state index in [9.17, 15) is 9.59 Å². The van der Waals surface area contributed by atoms with Crippen molar-refractivity contribution >= 4 is 34.8 Å². The highest BCUT2D eigenvalue weighted by atomic mass is 35.5. The lowest BCUT2D eigenvalue weighted by Gasteiger charge is -2.34. The van der Waals surface area contributed by atoms with Gasteiger partial charge in [0.15, 0.2) is 0 Å². The van der Waals surface area contributed by atoms with Crippen LogP contribution >= 0.6 is 11.6 Å². The van der Waals surface area contributed by atoms with E-state index in [-0.39, 0.29) is 18.4 Å². The number of carbonyl (C=O) groups is 2. The number of ether oxygens (including phenoxy) is 1. The van der Waals surface area contributed by atoms with E-state index in [1.807, 2.05) is 26.0 Å². The molecule has 1 atom stereocenters. The van der Waals surface area contributed by atoms with Crippen molar-refractivity contribution < 1.29 is 14.3 Å². The molecular formula is C23H30ClN3O3. The van der Waals surface area contributed by atoms with Crippen LogP contribution in [-0.4, -0.2) is 50.4 Å². The smallest absolute Gasteiger partial charge is 0.254 e. The maximum absolute atomic E-state index is 13.1. The summed E-state index contributed by atoms with van der Waals surface area (Å²) in [7, 11) is 2.05. The molecule has 0 saturated carbocycles. The average molecular weight is 432 g/mol. The van der Waals surface area contributed by atoms with Crippen LogP contribution in [0.1, 0.15) is 49.5 Å². The second-order valence-corrected chi connectivity index (χ2v) is 8.44. The molecule has 30 heavy (non-hydrogen) atoms. The zero-order valence-electron chi connectivity index (χ0n) is 18.1. The summed E-state index contributed by atoms with van der Waals surface area (Å²) in [5.74, 6) is -0.858. The van der Waals surface area contributed by atoms with Crippen molar-refractivity contribution in [2.24, 2.45) is 10.9 Å². The van der Waals surface area contributed by atoms with E-state index in [1.165, 1.54) is 0 Å². The molecule has 0 bridgehead atoms. The summed E-state index contributed by atoms with van der Waals surface area (Å²) in [6, 6.07) is 4.00. The molecule has 7 heteroatoms. The number of nitrogens with zero attached hydrogens (tertiary/aromatic N) is 2. The standard InChI is InChI=1S/C23H30ClN3O3/c1-5-18-19(22(28)25-13-20-14(2)10-15(3)26-23(20)29)11-16(24)12-21(18)27(4)17-6-8-30-9-7-17/h10-12,17,20H,5-9,13H2,1-4H3,(H,25,28). The SMILES string of the molecule is CCc1c(C(=O)NCC2C(=O)N=C(C)C=C2C)cc(Cl)cc1N(C)C1CCOCC1. The summed E-state index contributed by atoms with van der Waals surface area (Å²) in [5.41, 5.74) is 4.11. The van der Waals surface area contributed by atoms with Crippen molar-refractivity contribution in [2.45, 2.75) is 46.1 Å². The van der Waals surface area contributed by atoms with Gasteiger partial charge in [-0.1, -0.05) is 24.1 Å². The Hall–Kier alpha value is -2.18. The maximum Gasteiger partial charge on any atom is 0.254 e. The highest BCUT2D eigenvalue weighted by Gasteiger charge is 2.26. The largest absolute Gasteiger partial charge is 0.381 e. The van der Waals surface area contributed by atoms with Gasteiger partial charge in [-0.05, 0) is 56.9 Å². The van der Waals surface area contributed by atoms with Gasteiger partial charge in [-0.2, -0.15) is 0 Å². The number of benzene rings is 1. The molecule has 2 amide bonds. The van der Waals surface area contributed by atoms with E-state index >= 15 is 0 Å². The molecule has 1 unspecified atom stereocenters. The van der Waals surface area contributed by atoms with Crippen LogP contribution in [0.3, 0.4) is 0 Å². The van der Waals surface area contributed by atoms with Gasteiger partial charge >= 0.3 is 0 Å². The molecular weight excluding hydrogens is 402 g/mol. The first-order chi connectivity index (χ1) is 14.3. The lowest BCUT2D eigenvalue weighted by atomic mass is 9.95. The molecule has 2 aliphatic heterocycles. The van der Waals surface area contributed by atoms with Crippen LogP contribution in [-0.2, 0) is 16.0 Å². The highest BCUT2D eigenvalue weighted by molar-refractivity contribution is 6.31. The fraction of sp³-hybridized carbons (Fsp3) is 0.522. The lowest BCUT2D eigenvalue weighted by Crippen LogP contribution is -2.38. The molecule has 162 valence electrons. The topological polar surface area (TPSA) is 71.0 Å².